The molecule has 2 aliphatic carbocycles. The third-order valence-corrected chi connectivity index (χ3v) is 4.83. The van der Waals surface area contributed by atoms with E-state index in [1.807, 2.05) is 6.08 Å². The second-order valence-electron chi connectivity index (χ2n) is 6.27. The van der Waals surface area contributed by atoms with Crippen LogP contribution in [0.3, 0.4) is 0 Å². The molecular formula is C16H26O5. The van der Waals surface area contributed by atoms with Crippen molar-refractivity contribution in [1.29, 1.82) is 0 Å². The van der Waals surface area contributed by atoms with Gasteiger partial charge in [-0.25, -0.2) is 0 Å². The second kappa shape index (κ2) is 7.49. The fourth-order valence-electron chi connectivity index (χ4n) is 3.41. The quantitative estimate of drug-likeness (QED) is 0.669. The van der Waals surface area contributed by atoms with Gasteiger partial charge >= 0.3 is 0 Å². The summed E-state index contributed by atoms with van der Waals surface area (Å²) in [5.74, 6) is 0.0497. The number of rotatable bonds is 4. The molecule has 21 heavy (non-hydrogen) atoms. The molecule has 0 aromatic carbocycles. The highest BCUT2D eigenvalue weighted by Gasteiger charge is 2.36. The Hall–Kier alpha value is -0.750. The van der Waals surface area contributed by atoms with Gasteiger partial charge in [-0.2, -0.15) is 0 Å². The fourth-order valence-corrected chi connectivity index (χ4v) is 3.41. The van der Waals surface area contributed by atoms with Crippen molar-refractivity contribution in [3.05, 3.63) is 12.2 Å². The number of methoxy groups -OCH3 is 1. The van der Waals surface area contributed by atoms with E-state index in [0.29, 0.717) is 25.7 Å². The summed E-state index contributed by atoms with van der Waals surface area (Å²) < 4.78 is 5.27. The molecular weight excluding hydrogens is 272 g/mol. The summed E-state index contributed by atoms with van der Waals surface area (Å²) in [6.45, 7) is 0. The van der Waals surface area contributed by atoms with Crippen LogP contribution in [-0.4, -0.2) is 52.6 Å². The molecule has 5 heteroatoms. The minimum Gasteiger partial charge on any atom is -0.393 e. The molecule has 4 unspecified atom stereocenters. The molecule has 0 amide bonds. The first-order chi connectivity index (χ1) is 10.0. The largest absolute Gasteiger partial charge is 0.393 e. The van der Waals surface area contributed by atoms with Gasteiger partial charge in [-0.1, -0.05) is 6.08 Å². The van der Waals surface area contributed by atoms with Gasteiger partial charge in [0, 0.05) is 18.9 Å². The van der Waals surface area contributed by atoms with Crippen molar-refractivity contribution in [3.63, 3.8) is 0 Å². The van der Waals surface area contributed by atoms with Crippen molar-refractivity contribution in [1.82, 2.24) is 0 Å². The van der Waals surface area contributed by atoms with Crippen LogP contribution < -0.4 is 0 Å². The minimum absolute atomic E-state index is 0.00440. The summed E-state index contributed by atoms with van der Waals surface area (Å²) >= 11 is 0. The molecule has 0 aromatic heterocycles. The summed E-state index contributed by atoms with van der Waals surface area (Å²) in [6.07, 6.45) is 5.11. The zero-order valence-corrected chi connectivity index (χ0v) is 12.5. The highest BCUT2D eigenvalue weighted by molar-refractivity contribution is 5.91. The Morgan fingerprint density at radius 1 is 1.05 bits per heavy atom. The lowest BCUT2D eigenvalue weighted by Gasteiger charge is -2.36. The zero-order chi connectivity index (χ0) is 15.4. The molecule has 3 N–H and O–H groups in total. The van der Waals surface area contributed by atoms with Gasteiger partial charge in [-0.3, -0.25) is 4.79 Å². The van der Waals surface area contributed by atoms with E-state index in [2.05, 4.69) is 0 Å². The van der Waals surface area contributed by atoms with Crippen LogP contribution in [0.2, 0.25) is 0 Å². The van der Waals surface area contributed by atoms with Crippen molar-refractivity contribution in [3.8, 4) is 0 Å². The Kier molecular flexibility index (Phi) is 5.93. The Balaban J connectivity index is 1.91. The van der Waals surface area contributed by atoms with E-state index in [-0.39, 0.29) is 23.7 Å². The maximum atomic E-state index is 12.2. The molecule has 2 saturated carbocycles. The predicted octanol–water partition coefficient (Wildman–Crippen LogP) is 0.810. The van der Waals surface area contributed by atoms with Gasteiger partial charge < -0.3 is 20.1 Å². The van der Waals surface area contributed by atoms with E-state index in [9.17, 15) is 20.1 Å². The normalized spacial score (nSPS) is 41.3. The lowest BCUT2D eigenvalue weighted by Crippen LogP contribution is -2.46. The van der Waals surface area contributed by atoms with Gasteiger partial charge in [0.25, 0.3) is 0 Å². The second-order valence-corrected chi connectivity index (χ2v) is 6.27. The third kappa shape index (κ3) is 4.13. The predicted molar refractivity (Wildman–Crippen MR) is 77.6 cm³/mol. The standard InChI is InChI=1S/C16H26O5/c1-21-16-11(5-9-14(19)15(16)20)4-8-13(18)10-2-6-12(17)7-3-10/h4,8,10-12,14-17,19-20H,2-3,5-7,9H2,1H3/b8-4+. The van der Waals surface area contributed by atoms with Gasteiger partial charge in [0.1, 0.15) is 6.10 Å². The first-order valence-corrected chi connectivity index (χ1v) is 7.82. The maximum absolute atomic E-state index is 12.2. The molecule has 2 fully saturated rings. The van der Waals surface area contributed by atoms with Gasteiger partial charge in [-0.15, -0.1) is 0 Å². The number of ether oxygens (including phenoxy) is 1. The van der Waals surface area contributed by atoms with E-state index in [1.54, 1.807) is 6.08 Å². The maximum Gasteiger partial charge on any atom is 0.158 e. The van der Waals surface area contributed by atoms with Crippen molar-refractivity contribution in [2.24, 2.45) is 11.8 Å². The molecule has 0 heterocycles. The van der Waals surface area contributed by atoms with E-state index >= 15 is 0 Å². The third-order valence-electron chi connectivity index (χ3n) is 4.83. The smallest absolute Gasteiger partial charge is 0.158 e. The lowest BCUT2D eigenvalue weighted by molar-refractivity contribution is -0.120. The summed E-state index contributed by atoms with van der Waals surface area (Å²) in [5.41, 5.74) is 0. The monoisotopic (exact) mass is 298 g/mol. The van der Waals surface area contributed by atoms with Crippen molar-refractivity contribution in [2.45, 2.75) is 62.9 Å². The molecule has 4 atom stereocenters. The molecule has 0 radical (unpaired) electrons. The summed E-state index contributed by atoms with van der Waals surface area (Å²) in [7, 11) is 1.51. The molecule has 0 aromatic rings. The average Bonchev–Trinajstić information content (AvgIpc) is 2.49. The molecule has 0 bridgehead atoms. The molecule has 0 aliphatic heterocycles. The molecule has 2 rings (SSSR count). The van der Waals surface area contributed by atoms with Crippen molar-refractivity contribution in [2.75, 3.05) is 7.11 Å². The fraction of sp³-hybridized carbons (Fsp3) is 0.812. The number of allylic oxidation sites excluding steroid dienone is 1. The van der Waals surface area contributed by atoms with E-state index in [1.165, 1.54) is 7.11 Å². The summed E-state index contributed by atoms with van der Waals surface area (Å²) in [6, 6.07) is 0. The van der Waals surface area contributed by atoms with Crippen LogP contribution in [0.4, 0.5) is 0 Å². The number of hydrogen-bond donors (Lipinski definition) is 3. The molecule has 0 saturated heterocycles. The first kappa shape index (κ1) is 16.6. The van der Waals surface area contributed by atoms with E-state index < -0.39 is 18.3 Å². The first-order valence-electron chi connectivity index (χ1n) is 7.82. The van der Waals surface area contributed by atoms with E-state index in [0.717, 1.165) is 12.8 Å². The Bertz CT molecular complexity index is 373. The highest BCUT2D eigenvalue weighted by Crippen LogP contribution is 2.29. The number of carbonyl (C=O) groups is 1. The SMILES string of the molecule is COC1C(/C=C/C(=O)C2CCC(O)CC2)CCC(O)C1O. The summed E-state index contributed by atoms with van der Waals surface area (Å²) in [4.78, 5) is 12.2. The summed E-state index contributed by atoms with van der Waals surface area (Å²) in [5, 5.41) is 29.1. The van der Waals surface area contributed by atoms with Crippen molar-refractivity contribution >= 4 is 5.78 Å². The van der Waals surface area contributed by atoms with Crippen LogP contribution in [0.5, 0.6) is 0 Å². The number of aliphatic hydroxyl groups is 3. The van der Waals surface area contributed by atoms with Gasteiger partial charge in [0.2, 0.25) is 0 Å². The average molecular weight is 298 g/mol. The van der Waals surface area contributed by atoms with Crippen LogP contribution in [0.15, 0.2) is 12.2 Å². The zero-order valence-electron chi connectivity index (χ0n) is 12.5. The Morgan fingerprint density at radius 3 is 2.33 bits per heavy atom. The van der Waals surface area contributed by atoms with Crippen LogP contribution in [-0.2, 0) is 9.53 Å². The van der Waals surface area contributed by atoms with E-state index in [4.69, 9.17) is 4.74 Å². The lowest BCUT2D eigenvalue weighted by atomic mass is 9.81. The Labute approximate surface area is 125 Å². The topological polar surface area (TPSA) is 87.0 Å². The van der Waals surface area contributed by atoms with Crippen LogP contribution in [0.25, 0.3) is 0 Å². The van der Waals surface area contributed by atoms with Gasteiger partial charge in [-0.05, 0) is 44.6 Å². The van der Waals surface area contributed by atoms with Crippen molar-refractivity contribution < 1.29 is 24.9 Å². The molecule has 5 nitrogen and oxygen atoms in total. The number of hydrogen-bond acceptors (Lipinski definition) is 5. The Morgan fingerprint density at radius 2 is 1.71 bits per heavy atom. The van der Waals surface area contributed by atoms with Crippen LogP contribution >= 0.6 is 0 Å². The van der Waals surface area contributed by atoms with Crippen LogP contribution in [0.1, 0.15) is 38.5 Å². The highest BCUT2D eigenvalue weighted by atomic mass is 16.5. The number of ketones is 1. The number of aliphatic hydroxyl groups excluding tert-OH is 3. The minimum atomic E-state index is -0.904. The van der Waals surface area contributed by atoms with Gasteiger partial charge in [0.05, 0.1) is 18.3 Å². The number of carbonyl (C=O) groups excluding carboxylic acids is 1. The van der Waals surface area contributed by atoms with Crippen LogP contribution in [0, 0.1) is 11.8 Å². The molecule has 0 spiro atoms. The molecule has 120 valence electrons. The van der Waals surface area contributed by atoms with Gasteiger partial charge in [0.15, 0.2) is 5.78 Å². The molecule has 2 aliphatic rings.